The van der Waals surface area contributed by atoms with Crippen LogP contribution in [0.25, 0.3) is 5.69 Å². The molecule has 0 atom stereocenters. The summed E-state index contributed by atoms with van der Waals surface area (Å²) >= 11 is 5.92. The number of rotatable bonds is 3. The highest BCUT2D eigenvalue weighted by Crippen LogP contribution is 2.25. The van der Waals surface area contributed by atoms with E-state index in [9.17, 15) is 0 Å². The maximum Gasteiger partial charge on any atom is 0.170 e. The number of hydrogen-bond acceptors (Lipinski definition) is 5. The van der Waals surface area contributed by atoms with E-state index in [0.717, 1.165) is 0 Å². The largest absolute Gasteiger partial charge is 0.494 e. The van der Waals surface area contributed by atoms with E-state index >= 15 is 0 Å². The van der Waals surface area contributed by atoms with Gasteiger partial charge in [0.1, 0.15) is 11.4 Å². The summed E-state index contributed by atoms with van der Waals surface area (Å²) in [6.45, 7) is 0.239. The third kappa shape index (κ3) is 1.84. The molecule has 0 aliphatic heterocycles. The van der Waals surface area contributed by atoms with E-state index < -0.39 is 0 Å². The van der Waals surface area contributed by atoms with Gasteiger partial charge in [0, 0.05) is 5.02 Å². The quantitative estimate of drug-likeness (QED) is 0.857. The summed E-state index contributed by atoms with van der Waals surface area (Å²) in [4.78, 5) is 0. The molecule has 0 aliphatic rings. The minimum Gasteiger partial charge on any atom is -0.494 e. The maximum atomic E-state index is 5.92. The van der Waals surface area contributed by atoms with Crippen molar-refractivity contribution in [3.05, 3.63) is 29.0 Å². The van der Waals surface area contributed by atoms with Crippen LogP contribution in [0.3, 0.4) is 0 Å². The lowest BCUT2D eigenvalue weighted by atomic mass is 10.3. The number of benzene rings is 1. The zero-order valence-electron chi connectivity index (χ0n) is 8.59. The number of tetrazole rings is 1. The molecule has 1 heterocycles. The molecule has 0 amide bonds. The smallest absolute Gasteiger partial charge is 0.170 e. The molecule has 0 saturated carbocycles. The second-order valence-corrected chi connectivity index (χ2v) is 3.46. The van der Waals surface area contributed by atoms with Gasteiger partial charge in [-0.15, -0.1) is 5.10 Å². The third-order valence-corrected chi connectivity index (χ3v) is 2.32. The molecule has 0 fully saturated rings. The molecule has 6 nitrogen and oxygen atoms in total. The summed E-state index contributed by atoms with van der Waals surface area (Å²) in [6, 6.07) is 5.20. The lowest BCUT2D eigenvalue weighted by molar-refractivity contribution is 0.411. The first-order valence-corrected chi connectivity index (χ1v) is 4.95. The van der Waals surface area contributed by atoms with Crippen LogP contribution in [-0.4, -0.2) is 27.3 Å². The molecule has 84 valence electrons. The molecular formula is C9H10ClN5O. The van der Waals surface area contributed by atoms with Crippen molar-refractivity contribution in [3.8, 4) is 11.4 Å². The van der Waals surface area contributed by atoms with E-state index in [1.165, 1.54) is 4.68 Å². The van der Waals surface area contributed by atoms with Gasteiger partial charge in [-0.2, -0.15) is 4.68 Å². The molecule has 7 heteroatoms. The first kappa shape index (κ1) is 10.8. The molecular weight excluding hydrogens is 230 g/mol. The highest BCUT2D eigenvalue weighted by Gasteiger charge is 2.11. The van der Waals surface area contributed by atoms with Crippen LogP contribution in [0.1, 0.15) is 5.82 Å². The highest BCUT2D eigenvalue weighted by molar-refractivity contribution is 6.30. The standard InChI is InChI=1S/C9H10ClN5O/c1-16-8-3-2-6(10)4-7(8)15-9(5-11)12-13-14-15/h2-4H,5,11H2,1H3. The van der Waals surface area contributed by atoms with Gasteiger partial charge in [-0.3, -0.25) is 0 Å². The fourth-order valence-electron chi connectivity index (χ4n) is 1.35. The first-order valence-electron chi connectivity index (χ1n) is 4.57. The Labute approximate surface area is 97.0 Å². The third-order valence-electron chi connectivity index (χ3n) is 2.09. The number of ether oxygens (including phenoxy) is 1. The van der Waals surface area contributed by atoms with E-state index in [2.05, 4.69) is 15.5 Å². The summed E-state index contributed by atoms with van der Waals surface area (Å²) in [7, 11) is 1.57. The van der Waals surface area contributed by atoms with E-state index in [4.69, 9.17) is 22.1 Å². The number of hydrogen-bond donors (Lipinski definition) is 1. The van der Waals surface area contributed by atoms with Crippen LogP contribution in [0.4, 0.5) is 0 Å². The lowest BCUT2D eigenvalue weighted by Gasteiger charge is -2.09. The molecule has 0 bridgehead atoms. The summed E-state index contributed by atoms with van der Waals surface area (Å²) < 4.78 is 6.71. The zero-order valence-corrected chi connectivity index (χ0v) is 9.35. The molecule has 0 aliphatic carbocycles. The van der Waals surface area contributed by atoms with Crippen LogP contribution in [-0.2, 0) is 6.54 Å². The number of methoxy groups -OCH3 is 1. The predicted molar refractivity (Wildman–Crippen MR) is 58.6 cm³/mol. The van der Waals surface area contributed by atoms with Gasteiger partial charge in [-0.25, -0.2) is 0 Å². The van der Waals surface area contributed by atoms with E-state index in [1.54, 1.807) is 25.3 Å². The first-order chi connectivity index (χ1) is 7.76. The van der Waals surface area contributed by atoms with Crippen molar-refractivity contribution in [2.45, 2.75) is 6.54 Å². The van der Waals surface area contributed by atoms with Gasteiger partial charge in [0.25, 0.3) is 0 Å². The predicted octanol–water partition coefficient (Wildman–Crippen LogP) is 0.783. The van der Waals surface area contributed by atoms with Crippen LogP contribution < -0.4 is 10.5 Å². The number of nitrogens with zero attached hydrogens (tertiary/aromatic N) is 4. The Morgan fingerprint density at radius 2 is 2.31 bits per heavy atom. The second kappa shape index (κ2) is 4.46. The Kier molecular flexibility index (Phi) is 3.02. The molecule has 16 heavy (non-hydrogen) atoms. The average Bonchev–Trinajstić information content (AvgIpc) is 2.76. The fourth-order valence-corrected chi connectivity index (χ4v) is 1.52. The van der Waals surface area contributed by atoms with Crippen molar-refractivity contribution in [1.82, 2.24) is 20.2 Å². The van der Waals surface area contributed by atoms with Gasteiger partial charge in [-0.1, -0.05) is 11.6 Å². The van der Waals surface area contributed by atoms with Crippen molar-refractivity contribution in [2.75, 3.05) is 7.11 Å². The Bertz CT molecular complexity index is 498. The maximum absolute atomic E-state index is 5.92. The van der Waals surface area contributed by atoms with Crippen LogP contribution in [0.5, 0.6) is 5.75 Å². The molecule has 0 spiro atoms. The molecule has 2 rings (SSSR count). The van der Waals surface area contributed by atoms with Crippen LogP contribution in [0.15, 0.2) is 18.2 Å². The molecule has 2 N–H and O–H groups in total. The van der Waals surface area contributed by atoms with Crippen LogP contribution in [0, 0.1) is 0 Å². The lowest BCUT2D eigenvalue weighted by Crippen LogP contribution is -2.09. The summed E-state index contributed by atoms with van der Waals surface area (Å²) in [5.41, 5.74) is 6.19. The topological polar surface area (TPSA) is 78.8 Å². The van der Waals surface area contributed by atoms with Crippen LogP contribution >= 0.6 is 11.6 Å². The van der Waals surface area contributed by atoms with Crippen molar-refractivity contribution in [1.29, 1.82) is 0 Å². The van der Waals surface area contributed by atoms with Gasteiger partial charge in [0.2, 0.25) is 0 Å². The Balaban J connectivity index is 2.58. The minimum absolute atomic E-state index is 0.239. The molecule has 2 aromatic rings. The van der Waals surface area contributed by atoms with E-state index in [1.807, 2.05) is 0 Å². The summed E-state index contributed by atoms with van der Waals surface area (Å²) in [5.74, 6) is 1.17. The van der Waals surface area contributed by atoms with Crippen molar-refractivity contribution < 1.29 is 4.74 Å². The van der Waals surface area contributed by atoms with Crippen molar-refractivity contribution in [3.63, 3.8) is 0 Å². The fraction of sp³-hybridized carbons (Fsp3) is 0.222. The summed E-state index contributed by atoms with van der Waals surface area (Å²) in [6.07, 6.45) is 0. The normalized spacial score (nSPS) is 10.4. The second-order valence-electron chi connectivity index (χ2n) is 3.03. The number of aromatic nitrogens is 4. The zero-order chi connectivity index (χ0) is 11.5. The van der Waals surface area contributed by atoms with E-state index in [-0.39, 0.29) is 6.54 Å². The molecule has 1 aromatic heterocycles. The highest BCUT2D eigenvalue weighted by atomic mass is 35.5. The summed E-state index contributed by atoms with van der Waals surface area (Å²) in [5, 5.41) is 11.8. The Morgan fingerprint density at radius 3 is 3.00 bits per heavy atom. The monoisotopic (exact) mass is 239 g/mol. The average molecular weight is 240 g/mol. The Hall–Kier alpha value is -1.66. The van der Waals surface area contributed by atoms with Crippen molar-refractivity contribution >= 4 is 11.6 Å². The van der Waals surface area contributed by atoms with Gasteiger partial charge in [-0.05, 0) is 28.6 Å². The van der Waals surface area contributed by atoms with E-state index in [0.29, 0.717) is 22.3 Å². The van der Waals surface area contributed by atoms with Crippen LogP contribution in [0.2, 0.25) is 5.02 Å². The Morgan fingerprint density at radius 1 is 1.50 bits per heavy atom. The number of halogens is 1. The SMILES string of the molecule is COc1ccc(Cl)cc1-n1nnnc1CN. The van der Waals surface area contributed by atoms with Gasteiger partial charge < -0.3 is 10.5 Å². The van der Waals surface area contributed by atoms with Crippen molar-refractivity contribution in [2.24, 2.45) is 5.73 Å². The molecule has 0 unspecified atom stereocenters. The molecule has 0 radical (unpaired) electrons. The minimum atomic E-state index is 0.239. The van der Waals surface area contributed by atoms with Gasteiger partial charge >= 0.3 is 0 Å². The van der Waals surface area contributed by atoms with Gasteiger partial charge in [0.15, 0.2) is 5.82 Å². The van der Waals surface area contributed by atoms with Gasteiger partial charge in [0.05, 0.1) is 13.7 Å². The molecule has 0 saturated heterocycles. The number of nitrogens with two attached hydrogens (primary N) is 1. The molecule has 1 aromatic carbocycles.